The molecule has 0 aliphatic rings. The van der Waals surface area contributed by atoms with E-state index in [9.17, 15) is 13.6 Å². The molecule has 0 N–H and O–H groups in total. The summed E-state index contributed by atoms with van der Waals surface area (Å²) >= 11 is 1.36. The van der Waals surface area contributed by atoms with Gasteiger partial charge in [-0.2, -0.15) is 0 Å². The second-order valence-corrected chi connectivity index (χ2v) is 7.86. The maximum Gasteiger partial charge on any atom is 0.358 e. The minimum Gasteiger partial charge on any atom is -0.461 e. The number of halogens is 2. The summed E-state index contributed by atoms with van der Waals surface area (Å²) in [4.78, 5) is 17.5. The number of aromatic nitrogens is 1. The van der Waals surface area contributed by atoms with Gasteiger partial charge in [-0.05, 0) is 43.0 Å². The first-order valence-electron chi connectivity index (χ1n) is 9.77. The number of ether oxygens (including phenoxy) is 2. The van der Waals surface area contributed by atoms with Gasteiger partial charge in [0.1, 0.15) is 11.6 Å². The number of aryl methyl sites for hydroxylation is 1. The third kappa shape index (κ3) is 6.43. The first-order chi connectivity index (χ1) is 14.5. The van der Waals surface area contributed by atoms with Gasteiger partial charge >= 0.3 is 5.97 Å². The van der Waals surface area contributed by atoms with Crippen LogP contribution in [-0.2, 0) is 28.9 Å². The van der Waals surface area contributed by atoms with Gasteiger partial charge in [-0.3, -0.25) is 0 Å². The van der Waals surface area contributed by atoms with Crippen LogP contribution in [0.1, 0.15) is 44.8 Å². The van der Waals surface area contributed by atoms with Gasteiger partial charge in [0.05, 0.1) is 18.2 Å². The highest BCUT2D eigenvalue weighted by atomic mass is 32.1. The van der Waals surface area contributed by atoms with E-state index in [2.05, 4.69) is 4.98 Å². The Labute approximate surface area is 178 Å². The topological polar surface area (TPSA) is 48.4 Å². The zero-order valence-electron chi connectivity index (χ0n) is 16.7. The summed E-state index contributed by atoms with van der Waals surface area (Å²) in [5.41, 5.74) is 1.85. The van der Waals surface area contributed by atoms with Crippen LogP contribution in [-0.4, -0.2) is 24.2 Å². The molecular formula is C23H23F2NO3S. The average molecular weight is 432 g/mol. The van der Waals surface area contributed by atoms with Crippen molar-refractivity contribution in [2.45, 2.75) is 32.8 Å². The van der Waals surface area contributed by atoms with Gasteiger partial charge in [-0.15, -0.1) is 11.3 Å². The van der Waals surface area contributed by atoms with Crippen molar-refractivity contribution in [3.05, 3.63) is 86.9 Å². The maximum atomic E-state index is 13.5. The molecule has 0 fully saturated rings. The smallest absolute Gasteiger partial charge is 0.358 e. The summed E-state index contributed by atoms with van der Waals surface area (Å²) in [6, 6.07) is 13.3. The zero-order valence-corrected chi connectivity index (χ0v) is 17.5. The largest absolute Gasteiger partial charge is 0.461 e. The summed E-state index contributed by atoms with van der Waals surface area (Å²) in [5.74, 6) is -1.75. The van der Waals surface area contributed by atoms with Crippen molar-refractivity contribution in [3.63, 3.8) is 0 Å². The van der Waals surface area contributed by atoms with E-state index in [1.807, 2.05) is 30.3 Å². The number of benzene rings is 2. The van der Waals surface area contributed by atoms with Crippen molar-refractivity contribution < 1.29 is 23.0 Å². The number of nitrogens with zero attached hydrogens (tertiary/aromatic N) is 1. The van der Waals surface area contributed by atoms with Crippen LogP contribution in [0, 0.1) is 11.6 Å². The first-order valence-corrected chi connectivity index (χ1v) is 10.6. The van der Waals surface area contributed by atoms with Crippen molar-refractivity contribution in [1.29, 1.82) is 0 Å². The fourth-order valence-electron chi connectivity index (χ4n) is 2.99. The van der Waals surface area contributed by atoms with Crippen LogP contribution in [0.5, 0.6) is 0 Å². The molecule has 0 unspecified atom stereocenters. The minimum atomic E-state index is -0.636. The van der Waals surface area contributed by atoms with Crippen LogP contribution < -0.4 is 0 Å². The molecule has 3 rings (SSSR count). The highest BCUT2D eigenvalue weighted by molar-refractivity contribution is 7.12. The maximum absolute atomic E-state index is 13.5. The number of esters is 1. The molecule has 0 amide bonds. The normalized spacial score (nSPS) is 10.9. The van der Waals surface area contributed by atoms with Gasteiger partial charge in [0, 0.05) is 24.0 Å². The molecular weight excluding hydrogens is 408 g/mol. The molecule has 0 saturated carbocycles. The average Bonchev–Trinajstić information content (AvgIpc) is 3.10. The number of rotatable bonds is 10. The molecule has 1 aromatic heterocycles. The molecule has 3 aromatic rings. The van der Waals surface area contributed by atoms with E-state index < -0.39 is 17.6 Å². The van der Waals surface area contributed by atoms with E-state index in [4.69, 9.17) is 9.47 Å². The standard InChI is InChI=1S/C23H23F2NO3S/c1-2-29-23(27)22-20(9-6-10-28-15-16-7-4-3-5-8-16)30-21(26-22)13-17-11-18(24)14-19(25)12-17/h3-5,7-8,11-12,14H,2,6,9-10,13,15H2,1H3. The highest BCUT2D eigenvalue weighted by Crippen LogP contribution is 2.24. The van der Waals surface area contributed by atoms with Crippen molar-refractivity contribution in [1.82, 2.24) is 4.98 Å². The van der Waals surface area contributed by atoms with Crippen molar-refractivity contribution >= 4 is 17.3 Å². The minimum absolute atomic E-state index is 0.246. The van der Waals surface area contributed by atoms with E-state index in [0.29, 0.717) is 30.2 Å². The lowest BCUT2D eigenvalue weighted by Gasteiger charge is -2.05. The summed E-state index contributed by atoms with van der Waals surface area (Å²) in [6.07, 6.45) is 1.57. The zero-order chi connectivity index (χ0) is 21.3. The first kappa shape index (κ1) is 22.1. The molecule has 2 aromatic carbocycles. The van der Waals surface area contributed by atoms with Gasteiger partial charge in [0.25, 0.3) is 0 Å². The SMILES string of the molecule is CCOC(=O)c1nc(Cc2cc(F)cc(F)c2)sc1CCCOCc1ccccc1. The Morgan fingerprint density at radius 1 is 1.07 bits per heavy atom. The molecule has 4 nitrogen and oxygen atoms in total. The Balaban J connectivity index is 1.63. The van der Waals surface area contributed by atoms with E-state index in [0.717, 1.165) is 22.9 Å². The lowest BCUT2D eigenvalue weighted by molar-refractivity contribution is 0.0518. The third-order valence-electron chi connectivity index (χ3n) is 4.29. The lowest BCUT2D eigenvalue weighted by atomic mass is 10.1. The summed E-state index contributed by atoms with van der Waals surface area (Å²) in [6.45, 7) is 3.06. The van der Waals surface area contributed by atoms with Gasteiger partial charge in [-0.1, -0.05) is 30.3 Å². The molecule has 0 spiro atoms. The molecule has 0 aliphatic carbocycles. The summed E-state index contributed by atoms with van der Waals surface area (Å²) in [5, 5.41) is 0.614. The van der Waals surface area contributed by atoms with E-state index in [1.54, 1.807) is 6.92 Å². The van der Waals surface area contributed by atoms with E-state index in [-0.39, 0.29) is 18.7 Å². The predicted molar refractivity (Wildman–Crippen MR) is 112 cm³/mol. The quantitative estimate of drug-likeness (QED) is 0.321. The summed E-state index contributed by atoms with van der Waals surface area (Å²) in [7, 11) is 0. The number of carbonyl (C=O) groups excluding carboxylic acids is 1. The molecule has 30 heavy (non-hydrogen) atoms. The van der Waals surface area contributed by atoms with Crippen LogP contribution in [0.2, 0.25) is 0 Å². The van der Waals surface area contributed by atoms with Crippen molar-refractivity contribution in [2.75, 3.05) is 13.2 Å². The van der Waals surface area contributed by atoms with Gasteiger partial charge in [0.2, 0.25) is 0 Å². The Morgan fingerprint density at radius 2 is 1.80 bits per heavy atom. The Hall–Kier alpha value is -2.64. The van der Waals surface area contributed by atoms with E-state index in [1.165, 1.54) is 23.5 Å². The molecule has 0 atom stereocenters. The summed E-state index contributed by atoms with van der Waals surface area (Å²) < 4.78 is 37.7. The molecule has 0 aliphatic heterocycles. The molecule has 0 radical (unpaired) electrons. The van der Waals surface area contributed by atoms with Crippen LogP contribution in [0.25, 0.3) is 0 Å². The second kappa shape index (κ2) is 10.9. The number of thiazole rings is 1. The Kier molecular flexibility index (Phi) is 8.04. The van der Waals surface area contributed by atoms with E-state index >= 15 is 0 Å². The number of carbonyl (C=O) groups is 1. The van der Waals surface area contributed by atoms with Crippen molar-refractivity contribution in [2.24, 2.45) is 0 Å². The molecule has 0 bridgehead atoms. The van der Waals surface area contributed by atoms with Gasteiger partial charge in [-0.25, -0.2) is 18.6 Å². The second-order valence-electron chi connectivity index (χ2n) is 6.70. The molecule has 1 heterocycles. The van der Waals surface area contributed by atoms with Crippen molar-refractivity contribution in [3.8, 4) is 0 Å². The molecule has 158 valence electrons. The highest BCUT2D eigenvalue weighted by Gasteiger charge is 2.19. The monoisotopic (exact) mass is 431 g/mol. The predicted octanol–water partition coefficient (Wildman–Crippen LogP) is 5.34. The van der Waals surface area contributed by atoms with Gasteiger partial charge in [0.15, 0.2) is 5.69 Å². The fourth-order valence-corrected chi connectivity index (χ4v) is 4.12. The Bertz CT molecular complexity index is 956. The van der Waals surface area contributed by atoms with Crippen LogP contribution in [0.15, 0.2) is 48.5 Å². The van der Waals surface area contributed by atoms with Crippen LogP contribution >= 0.6 is 11.3 Å². The number of hydrogen-bond acceptors (Lipinski definition) is 5. The van der Waals surface area contributed by atoms with Crippen LogP contribution in [0.3, 0.4) is 0 Å². The van der Waals surface area contributed by atoms with Crippen LogP contribution in [0.4, 0.5) is 8.78 Å². The fraction of sp³-hybridized carbons (Fsp3) is 0.304. The molecule has 7 heteroatoms. The molecule has 0 saturated heterocycles. The Morgan fingerprint density at radius 3 is 2.50 bits per heavy atom. The van der Waals surface area contributed by atoms with Gasteiger partial charge < -0.3 is 9.47 Å². The lowest BCUT2D eigenvalue weighted by Crippen LogP contribution is -2.08. The number of hydrogen-bond donors (Lipinski definition) is 0. The third-order valence-corrected chi connectivity index (χ3v) is 5.41.